The number of hydrogen-bond acceptors (Lipinski definition) is 3. The third-order valence-electron chi connectivity index (χ3n) is 2.49. The van der Waals surface area contributed by atoms with Gasteiger partial charge in [-0.1, -0.05) is 39.0 Å². The van der Waals surface area contributed by atoms with E-state index < -0.39 is 0 Å². The Morgan fingerprint density at radius 2 is 1.29 bits per heavy atom. The van der Waals surface area contributed by atoms with Crippen molar-refractivity contribution in [2.45, 2.75) is 52.0 Å². The average Bonchev–Trinajstić information content (AvgIpc) is 2.35. The molecular weight excluding hydrogens is 232 g/mol. The second-order valence-corrected chi connectivity index (χ2v) is 4.74. The maximum absolute atomic E-state index is 5.48. The molecule has 0 aromatic rings. The molecular formula is C13H28O3Si. The van der Waals surface area contributed by atoms with Crippen molar-refractivity contribution in [3.05, 3.63) is 0 Å². The lowest BCUT2D eigenvalue weighted by Gasteiger charge is -2.05. The zero-order valence-corrected chi connectivity index (χ0v) is 12.5. The molecule has 0 N–H and O–H groups in total. The molecule has 0 aromatic heterocycles. The van der Waals surface area contributed by atoms with Gasteiger partial charge in [-0.25, -0.2) is 0 Å². The molecule has 0 rings (SSSR count). The van der Waals surface area contributed by atoms with E-state index in [4.69, 9.17) is 13.9 Å². The van der Waals surface area contributed by atoms with E-state index in [1.165, 1.54) is 38.5 Å². The van der Waals surface area contributed by atoms with Gasteiger partial charge < -0.3 is 13.9 Å². The zero-order chi connectivity index (χ0) is 12.6. The molecule has 0 amide bonds. The lowest BCUT2D eigenvalue weighted by molar-refractivity contribution is 0.0357. The molecule has 3 nitrogen and oxygen atoms in total. The second kappa shape index (κ2) is 16.1. The highest BCUT2D eigenvalue weighted by atomic mass is 28.2. The fourth-order valence-corrected chi connectivity index (χ4v) is 1.80. The minimum Gasteiger partial charge on any atom is -0.415 e. The first kappa shape index (κ1) is 17.1. The van der Waals surface area contributed by atoms with Gasteiger partial charge in [0.1, 0.15) is 0 Å². The van der Waals surface area contributed by atoms with Gasteiger partial charge in [-0.15, -0.1) is 0 Å². The molecule has 4 heteroatoms. The van der Waals surface area contributed by atoms with Crippen molar-refractivity contribution in [3.63, 3.8) is 0 Å². The third kappa shape index (κ3) is 16.1. The molecule has 102 valence electrons. The predicted molar refractivity (Wildman–Crippen MR) is 72.6 cm³/mol. The first-order valence-electron chi connectivity index (χ1n) is 6.85. The van der Waals surface area contributed by atoms with Crippen molar-refractivity contribution >= 4 is 9.76 Å². The Bertz CT molecular complexity index is 120. The van der Waals surface area contributed by atoms with Crippen LogP contribution in [-0.4, -0.2) is 42.8 Å². The Kier molecular flexibility index (Phi) is 16.2. The molecule has 0 aliphatic carbocycles. The topological polar surface area (TPSA) is 27.7 Å². The van der Waals surface area contributed by atoms with Crippen LogP contribution in [0, 0.1) is 0 Å². The maximum atomic E-state index is 5.48. The molecule has 0 fully saturated rings. The Labute approximate surface area is 109 Å². The van der Waals surface area contributed by atoms with Crippen LogP contribution in [-0.2, 0) is 13.9 Å². The van der Waals surface area contributed by atoms with Crippen molar-refractivity contribution in [1.82, 2.24) is 0 Å². The molecule has 2 radical (unpaired) electrons. The van der Waals surface area contributed by atoms with Crippen molar-refractivity contribution in [2.75, 3.05) is 33.0 Å². The van der Waals surface area contributed by atoms with Crippen LogP contribution in [0.25, 0.3) is 0 Å². The van der Waals surface area contributed by atoms with Gasteiger partial charge in [0.15, 0.2) is 0 Å². The summed E-state index contributed by atoms with van der Waals surface area (Å²) in [5, 5.41) is 0. The summed E-state index contributed by atoms with van der Waals surface area (Å²) in [6.45, 7) is 7.92. The molecule has 0 aliphatic rings. The standard InChI is InChI=1S/C13H28O3Si/c1-3-4-5-6-7-8-9-14-10-11-15-12-13-16-17-2/h3-13H2,1-2H3. The largest absolute Gasteiger partial charge is 0.415 e. The molecule has 0 spiro atoms. The molecule has 0 atom stereocenters. The summed E-state index contributed by atoms with van der Waals surface area (Å²) in [4.78, 5) is 0. The van der Waals surface area contributed by atoms with E-state index in [-0.39, 0.29) is 0 Å². The molecule has 0 unspecified atom stereocenters. The highest BCUT2D eigenvalue weighted by molar-refractivity contribution is 6.24. The molecule has 0 heterocycles. The Hall–Kier alpha value is 0.0969. The van der Waals surface area contributed by atoms with Crippen molar-refractivity contribution < 1.29 is 13.9 Å². The number of unbranched alkanes of at least 4 members (excludes halogenated alkanes) is 5. The van der Waals surface area contributed by atoms with Gasteiger partial charge in [0.25, 0.3) is 0 Å². The van der Waals surface area contributed by atoms with Crippen LogP contribution < -0.4 is 0 Å². The van der Waals surface area contributed by atoms with Gasteiger partial charge in [-0.3, -0.25) is 0 Å². The van der Waals surface area contributed by atoms with Gasteiger partial charge in [-0.2, -0.15) is 0 Å². The lowest BCUT2D eigenvalue weighted by Crippen LogP contribution is -2.10. The van der Waals surface area contributed by atoms with E-state index in [9.17, 15) is 0 Å². The van der Waals surface area contributed by atoms with Gasteiger partial charge >= 0.3 is 0 Å². The van der Waals surface area contributed by atoms with E-state index in [0.717, 1.165) is 6.61 Å². The van der Waals surface area contributed by atoms with Crippen LogP contribution in [0.1, 0.15) is 45.4 Å². The summed E-state index contributed by atoms with van der Waals surface area (Å²) in [5.41, 5.74) is 0. The normalized spacial score (nSPS) is 10.9. The van der Waals surface area contributed by atoms with E-state index in [0.29, 0.717) is 36.2 Å². The number of rotatable bonds is 14. The highest BCUT2D eigenvalue weighted by Crippen LogP contribution is 2.04. The molecule has 0 aliphatic heterocycles. The first-order chi connectivity index (χ1) is 8.41. The molecule has 0 aromatic carbocycles. The minimum absolute atomic E-state index is 0.558. The first-order valence-corrected chi connectivity index (χ1v) is 8.26. The summed E-state index contributed by atoms with van der Waals surface area (Å²) >= 11 is 0. The Morgan fingerprint density at radius 3 is 2.00 bits per heavy atom. The van der Waals surface area contributed by atoms with Crippen LogP contribution >= 0.6 is 0 Å². The van der Waals surface area contributed by atoms with Crippen LogP contribution in [0.4, 0.5) is 0 Å². The van der Waals surface area contributed by atoms with Gasteiger partial charge in [0.2, 0.25) is 9.76 Å². The Morgan fingerprint density at radius 1 is 0.706 bits per heavy atom. The zero-order valence-electron chi connectivity index (χ0n) is 11.5. The van der Waals surface area contributed by atoms with E-state index in [2.05, 4.69) is 6.92 Å². The molecule has 0 bridgehead atoms. The van der Waals surface area contributed by atoms with Crippen LogP contribution in [0.5, 0.6) is 0 Å². The summed E-state index contributed by atoms with van der Waals surface area (Å²) in [5.74, 6) is 0. The van der Waals surface area contributed by atoms with Crippen molar-refractivity contribution in [1.29, 1.82) is 0 Å². The smallest absolute Gasteiger partial charge is 0.226 e. The fraction of sp³-hybridized carbons (Fsp3) is 1.00. The van der Waals surface area contributed by atoms with Crippen LogP contribution in [0.15, 0.2) is 0 Å². The second-order valence-electron chi connectivity index (χ2n) is 4.05. The quantitative estimate of drug-likeness (QED) is 0.355. The average molecular weight is 260 g/mol. The minimum atomic E-state index is 0.558. The van der Waals surface area contributed by atoms with Crippen molar-refractivity contribution in [2.24, 2.45) is 0 Å². The van der Waals surface area contributed by atoms with Crippen LogP contribution in [0.2, 0.25) is 6.55 Å². The molecule has 0 saturated carbocycles. The predicted octanol–water partition coefficient (Wildman–Crippen LogP) is 3.06. The summed E-state index contributed by atoms with van der Waals surface area (Å²) in [6, 6.07) is 0. The fourth-order valence-electron chi connectivity index (χ4n) is 1.51. The van der Waals surface area contributed by atoms with Gasteiger partial charge in [0, 0.05) is 6.61 Å². The van der Waals surface area contributed by atoms with E-state index in [1.807, 2.05) is 6.55 Å². The third-order valence-corrected chi connectivity index (χ3v) is 2.98. The Balaban J connectivity index is 2.85. The van der Waals surface area contributed by atoms with Gasteiger partial charge in [0.05, 0.1) is 26.4 Å². The molecule has 0 saturated heterocycles. The van der Waals surface area contributed by atoms with E-state index in [1.54, 1.807) is 0 Å². The van der Waals surface area contributed by atoms with Gasteiger partial charge in [-0.05, 0) is 13.0 Å². The highest BCUT2D eigenvalue weighted by Gasteiger charge is 1.92. The monoisotopic (exact) mass is 260 g/mol. The van der Waals surface area contributed by atoms with E-state index >= 15 is 0 Å². The summed E-state index contributed by atoms with van der Waals surface area (Å²) in [7, 11) is 0.558. The molecule has 17 heavy (non-hydrogen) atoms. The summed E-state index contributed by atoms with van der Waals surface area (Å²) < 4.78 is 16.0. The number of hydrogen-bond donors (Lipinski definition) is 0. The van der Waals surface area contributed by atoms with Crippen molar-refractivity contribution in [3.8, 4) is 0 Å². The lowest BCUT2D eigenvalue weighted by atomic mass is 10.1. The van der Waals surface area contributed by atoms with Crippen LogP contribution in [0.3, 0.4) is 0 Å². The maximum Gasteiger partial charge on any atom is 0.226 e. The number of ether oxygens (including phenoxy) is 2. The SMILES string of the molecule is CCCCCCCCOCCOCCO[Si]C. The summed E-state index contributed by atoms with van der Waals surface area (Å²) in [6.07, 6.45) is 7.89.